The van der Waals surface area contributed by atoms with E-state index in [4.69, 9.17) is 9.47 Å². The summed E-state index contributed by atoms with van der Waals surface area (Å²) in [6, 6.07) is 6.17. The fourth-order valence-electron chi connectivity index (χ4n) is 1.82. The minimum Gasteiger partial charge on any atom is -0.501 e. The molecule has 0 fully saturated rings. The summed E-state index contributed by atoms with van der Waals surface area (Å²) in [5.41, 5.74) is 2.60. The Kier molecular flexibility index (Phi) is 2.44. The molecule has 1 aromatic carbocycles. The zero-order valence-electron chi connectivity index (χ0n) is 8.54. The van der Waals surface area contributed by atoms with Crippen LogP contribution in [0.1, 0.15) is 11.1 Å². The van der Waals surface area contributed by atoms with E-state index in [2.05, 4.69) is 12.1 Å². The molecule has 0 aliphatic heterocycles. The van der Waals surface area contributed by atoms with Crippen LogP contribution in [0.3, 0.4) is 0 Å². The fraction of sp³-hybridized carbons (Fsp3) is 0.333. The largest absolute Gasteiger partial charge is 0.501 e. The number of ether oxygens (including phenoxy) is 2. The highest BCUT2D eigenvalue weighted by Crippen LogP contribution is 2.29. The highest BCUT2D eigenvalue weighted by molar-refractivity contribution is 5.45. The molecular weight excluding hydrogens is 176 g/mol. The summed E-state index contributed by atoms with van der Waals surface area (Å²) >= 11 is 0. The molecule has 0 saturated heterocycles. The molecule has 1 aliphatic carbocycles. The average molecular weight is 190 g/mol. The highest BCUT2D eigenvalue weighted by Gasteiger charge is 2.14. The maximum absolute atomic E-state index is 5.32. The van der Waals surface area contributed by atoms with Crippen molar-refractivity contribution in [3.05, 3.63) is 41.2 Å². The summed E-state index contributed by atoms with van der Waals surface area (Å²) in [6.45, 7) is 0. The molecule has 0 N–H and O–H groups in total. The number of hydrogen-bond donors (Lipinski definition) is 0. The van der Waals surface area contributed by atoms with Crippen molar-refractivity contribution in [1.29, 1.82) is 0 Å². The van der Waals surface area contributed by atoms with E-state index in [-0.39, 0.29) is 0 Å². The molecule has 0 spiro atoms. The van der Waals surface area contributed by atoms with Crippen molar-refractivity contribution in [2.24, 2.45) is 0 Å². The van der Waals surface area contributed by atoms with Crippen LogP contribution in [0.2, 0.25) is 0 Å². The van der Waals surface area contributed by atoms with Crippen LogP contribution in [-0.2, 0) is 17.6 Å². The quantitative estimate of drug-likeness (QED) is 0.712. The van der Waals surface area contributed by atoms with Gasteiger partial charge in [-0.15, -0.1) is 0 Å². The Balaban J connectivity index is 2.38. The molecule has 74 valence electrons. The first-order valence-corrected chi connectivity index (χ1v) is 4.73. The van der Waals surface area contributed by atoms with Gasteiger partial charge in [0.05, 0.1) is 20.0 Å². The third-order valence-electron chi connectivity index (χ3n) is 2.61. The molecule has 0 aromatic heterocycles. The fourth-order valence-corrected chi connectivity index (χ4v) is 1.82. The topological polar surface area (TPSA) is 18.5 Å². The van der Waals surface area contributed by atoms with Crippen LogP contribution in [0.15, 0.2) is 30.0 Å². The highest BCUT2D eigenvalue weighted by atomic mass is 16.5. The summed E-state index contributed by atoms with van der Waals surface area (Å²) in [5.74, 6) is 1.99. The third kappa shape index (κ3) is 1.48. The van der Waals surface area contributed by atoms with Crippen LogP contribution < -0.4 is 4.74 Å². The standard InChI is InChI=1S/C12H14O2/c1-13-10-7-6-9-4-3-5-12(14-2)11(9)8-10/h3-5,7H,6,8H2,1-2H3. The monoisotopic (exact) mass is 190 g/mol. The number of rotatable bonds is 2. The van der Waals surface area contributed by atoms with Gasteiger partial charge >= 0.3 is 0 Å². The van der Waals surface area contributed by atoms with Gasteiger partial charge in [0.25, 0.3) is 0 Å². The van der Waals surface area contributed by atoms with Gasteiger partial charge in [0.2, 0.25) is 0 Å². The maximum atomic E-state index is 5.32. The zero-order chi connectivity index (χ0) is 9.97. The summed E-state index contributed by atoms with van der Waals surface area (Å²) < 4.78 is 10.6. The van der Waals surface area contributed by atoms with Gasteiger partial charge in [-0.3, -0.25) is 0 Å². The molecule has 0 heterocycles. The Morgan fingerprint density at radius 3 is 2.71 bits per heavy atom. The summed E-state index contributed by atoms with van der Waals surface area (Å²) in [4.78, 5) is 0. The molecule has 0 saturated carbocycles. The molecular formula is C12H14O2. The average Bonchev–Trinajstić information content (AvgIpc) is 2.27. The van der Waals surface area contributed by atoms with Crippen LogP contribution in [0.25, 0.3) is 0 Å². The summed E-state index contributed by atoms with van der Waals surface area (Å²) in [7, 11) is 3.42. The summed E-state index contributed by atoms with van der Waals surface area (Å²) in [6.07, 6.45) is 3.91. The van der Waals surface area contributed by atoms with Gasteiger partial charge in [-0.2, -0.15) is 0 Å². The van der Waals surface area contributed by atoms with E-state index >= 15 is 0 Å². The van der Waals surface area contributed by atoms with Crippen molar-refractivity contribution >= 4 is 0 Å². The van der Waals surface area contributed by atoms with Gasteiger partial charge in [-0.25, -0.2) is 0 Å². The molecule has 1 aromatic rings. The lowest BCUT2D eigenvalue weighted by Crippen LogP contribution is -2.06. The van der Waals surface area contributed by atoms with Crippen molar-refractivity contribution in [2.75, 3.05) is 14.2 Å². The second-order valence-corrected chi connectivity index (χ2v) is 3.35. The zero-order valence-corrected chi connectivity index (χ0v) is 8.54. The van der Waals surface area contributed by atoms with Gasteiger partial charge < -0.3 is 9.47 Å². The lowest BCUT2D eigenvalue weighted by molar-refractivity contribution is 0.278. The first-order chi connectivity index (χ1) is 6.85. The Hall–Kier alpha value is -1.44. The Bertz CT molecular complexity index is 367. The molecule has 0 amide bonds. The number of methoxy groups -OCH3 is 2. The SMILES string of the molecule is COC1=CCc2cccc(OC)c2C1. The molecule has 2 rings (SSSR count). The van der Waals surface area contributed by atoms with Crippen molar-refractivity contribution in [1.82, 2.24) is 0 Å². The smallest absolute Gasteiger partial charge is 0.122 e. The molecule has 0 bridgehead atoms. The van der Waals surface area contributed by atoms with E-state index < -0.39 is 0 Å². The number of hydrogen-bond acceptors (Lipinski definition) is 2. The van der Waals surface area contributed by atoms with Crippen LogP contribution in [0, 0.1) is 0 Å². The molecule has 2 nitrogen and oxygen atoms in total. The van der Waals surface area contributed by atoms with Gasteiger partial charge in [0, 0.05) is 12.0 Å². The van der Waals surface area contributed by atoms with Crippen LogP contribution in [0.4, 0.5) is 0 Å². The first-order valence-electron chi connectivity index (χ1n) is 4.73. The lowest BCUT2D eigenvalue weighted by atomic mass is 9.95. The molecule has 0 radical (unpaired) electrons. The third-order valence-corrected chi connectivity index (χ3v) is 2.61. The van der Waals surface area contributed by atoms with Crippen molar-refractivity contribution in [3.8, 4) is 5.75 Å². The van der Waals surface area contributed by atoms with Gasteiger partial charge in [-0.1, -0.05) is 12.1 Å². The van der Waals surface area contributed by atoms with E-state index in [1.807, 2.05) is 12.1 Å². The molecule has 0 atom stereocenters. The van der Waals surface area contributed by atoms with Gasteiger partial charge in [0.1, 0.15) is 5.75 Å². The van der Waals surface area contributed by atoms with E-state index in [0.717, 1.165) is 24.4 Å². The maximum Gasteiger partial charge on any atom is 0.122 e. The van der Waals surface area contributed by atoms with Crippen molar-refractivity contribution < 1.29 is 9.47 Å². The molecule has 2 heteroatoms. The predicted octanol–water partition coefficient (Wildman–Crippen LogP) is 2.32. The van der Waals surface area contributed by atoms with E-state index in [0.29, 0.717) is 0 Å². The first kappa shape index (κ1) is 9.13. The van der Waals surface area contributed by atoms with Crippen LogP contribution in [-0.4, -0.2) is 14.2 Å². The minimum atomic E-state index is 0.843. The van der Waals surface area contributed by atoms with E-state index in [1.165, 1.54) is 11.1 Å². The number of allylic oxidation sites excluding steroid dienone is 2. The Morgan fingerprint density at radius 2 is 2.00 bits per heavy atom. The second kappa shape index (κ2) is 3.74. The van der Waals surface area contributed by atoms with Crippen molar-refractivity contribution in [3.63, 3.8) is 0 Å². The Labute approximate surface area is 84.2 Å². The Morgan fingerprint density at radius 1 is 1.14 bits per heavy atom. The lowest BCUT2D eigenvalue weighted by Gasteiger charge is -2.18. The molecule has 1 aliphatic rings. The van der Waals surface area contributed by atoms with Crippen molar-refractivity contribution in [2.45, 2.75) is 12.8 Å². The number of fused-ring (bicyclic) bond motifs is 1. The van der Waals surface area contributed by atoms with E-state index in [1.54, 1.807) is 14.2 Å². The summed E-state index contributed by atoms with van der Waals surface area (Å²) in [5, 5.41) is 0. The second-order valence-electron chi connectivity index (χ2n) is 3.35. The van der Waals surface area contributed by atoms with E-state index in [9.17, 15) is 0 Å². The molecule has 0 unspecified atom stereocenters. The number of benzene rings is 1. The van der Waals surface area contributed by atoms with Gasteiger partial charge in [0.15, 0.2) is 0 Å². The van der Waals surface area contributed by atoms with Crippen LogP contribution >= 0.6 is 0 Å². The minimum absolute atomic E-state index is 0.843. The van der Waals surface area contributed by atoms with Gasteiger partial charge in [-0.05, 0) is 24.1 Å². The normalized spacial score (nSPS) is 14.3. The predicted molar refractivity (Wildman–Crippen MR) is 55.5 cm³/mol. The molecule has 14 heavy (non-hydrogen) atoms. The van der Waals surface area contributed by atoms with Crippen LogP contribution in [0.5, 0.6) is 5.75 Å².